The van der Waals surface area contributed by atoms with E-state index in [1.54, 1.807) is 11.8 Å². The minimum Gasteiger partial charge on any atom is -0.338 e. The van der Waals surface area contributed by atoms with E-state index in [-0.39, 0.29) is 0 Å². The lowest BCUT2D eigenvalue weighted by Crippen LogP contribution is -2.12. The van der Waals surface area contributed by atoms with Crippen LogP contribution in [0.15, 0.2) is 29.5 Å². The van der Waals surface area contributed by atoms with Crippen LogP contribution in [0.2, 0.25) is 0 Å². The first kappa shape index (κ1) is 5.18. The van der Waals surface area contributed by atoms with Gasteiger partial charge in [0.1, 0.15) is 0 Å². The van der Waals surface area contributed by atoms with E-state index in [0.717, 1.165) is 6.54 Å². The second-order valence-electron chi connectivity index (χ2n) is 1.93. The van der Waals surface area contributed by atoms with E-state index in [9.17, 15) is 0 Å². The highest BCUT2D eigenvalue weighted by Gasteiger charge is 2.11. The molecule has 45 valence electrons. The maximum atomic E-state index is 3.07. The van der Waals surface area contributed by atoms with Gasteiger partial charge in [0.15, 0.2) is 0 Å². The molecule has 0 amide bonds. The molecule has 0 aromatic heterocycles. The fourth-order valence-corrected chi connectivity index (χ4v) is 1.56. The molecule has 1 nitrogen and oxygen atoms in total. The molecule has 2 aliphatic rings. The lowest BCUT2D eigenvalue weighted by Gasteiger charge is -2.16. The molecule has 0 aromatic rings. The minimum atomic E-state index is 1.01. The molecule has 0 unspecified atom stereocenters. The van der Waals surface area contributed by atoms with Crippen LogP contribution in [0.3, 0.4) is 0 Å². The molecule has 0 bridgehead atoms. The zero-order valence-electron chi connectivity index (χ0n) is 4.87. The molecule has 2 heteroatoms. The predicted molar refractivity (Wildman–Crippen MR) is 39.3 cm³/mol. The monoisotopic (exact) mass is 136 g/mol. The quantitative estimate of drug-likeness (QED) is 0.499. The van der Waals surface area contributed by atoms with Crippen molar-refractivity contribution in [3.63, 3.8) is 0 Å². The van der Waals surface area contributed by atoms with E-state index in [2.05, 4.69) is 28.5 Å². The van der Waals surface area contributed by atoms with Gasteiger partial charge >= 0.3 is 0 Å². The minimum absolute atomic E-state index is 1.01. The van der Waals surface area contributed by atoms with Crippen molar-refractivity contribution in [2.45, 2.75) is 0 Å². The highest BCUT2D eigenvalue weighted by Crippen LogP contribution is 2.29. The van der Waals surface area contributed by atoms with E-state index < -0.39 is 0 Å². The lowest BCUT2D eigenvalue weighted by atomic mass is 10.4. The van der Waals surface area contributed by atoms with Crippen LogP contribution in [0.25, 0.3) is 0 Å². The van der Waals surface area contributed by atoms with Gasteiger partial charge in [0.25, 0.3) is 0 Å². The van der Waals surface area contributed by atoms with E-state index in [0.29, 0.717) is 0 Å². The molecular formula is C7H6NS. The van der Waals surface area contributed by atoms with Gasteiger partial charge in [0, 0.05) is 18.2 Å². The third kappa shape index (κ3) is 0.793. The number of hydrogen-bond acceptors (Lipinski definition) is 2. The number of hydrogen-bond donors (Lipinski definition) is 0. The van der Waals surface area contributed by atoms with Crippen molar-refractivity contribution >= 4 is 11.8 Å². The molecule has 2 heterocycles. The Hall–Kier alpha value is -0.630. The number of fused-ring (bicyclic) bond motifs is 1. The van der Waals surface area contributed by atoms with Crippen LogP contribution in [0.1, 0.15) is 0 Å². The summed E-state index contributed by atoms with van der Waals surface area (Å²) in [5, 5.41) is 4.36. The Morgan fingerprint density at radius 1 is 1.67 bits per heavy atom. The van der Waals surface area contributed by atoms with Crippen LogP contribution in [-0.4, -0.2) is 11.4 Å². The van der Waals surface area contributed by atoms with E-state index in [1.165, 1.54) is 5.03 Å². The van der Waals surface area contributed by atoms with Gasteiger partial charge < -0.3 is 4.90 Å². The molecule has 2 rings (SSSR count). The Bertz CT molecular complexity index is 203. The fourth-order valence-electron chi connectivity index (χ4n) is 0.870. The van der Waals surface area contributed by atoms with Crippen molar-refractivity contribution in [1.29, 1.82) is 0 Å². The van der Waals surface area contributed by atoms with Crippen LogP contribution in [0, 0.1) is 5.41 Å². The highest BCUT2D eigenvalue weighted by atomic mass is 32.2. The maximum Gasteiger partial charge on any atom is 0.0799 e. The van der Waals surface area contributed by atoms with Crippen molar-refractivity contribution in [2.75, 3.05) is 6.54 Å². The summed E-state index contributed by atoms with van der Waals surface area (Å²) in [6, 6.07) is 0. The second kappa shape index (κ2) is 1.95. The average Bonchev–Trinajstić information content (AvgIpc) is 2.33. The van der Waals surface area contributed by atoms with Crippen molar-refractivity contribution in [3.05, 3.63) is 34.9 Å². The van der Waals surface area contributed by atoms with Gasteiger partial charge in [0.05, 0.1) is 5.03 Å². The molecule has 9 heavy (non-hydrogen) atoms. The highest BCUT2D eigenvalue weighted by molar-refractivity contribution is 8.04. The van der Waals surface area contributed by atoms with Crippen molar-refractivity contribution < 1.29 is 0 Å². The van der Waals surface area contributed by atoms with Crippen LogP contribution < -0.4 is 0 Å². The van der Waals surface area contributed by atoms with Gasteiger partial charge in [0.2, 0.25) is 0 Å². The Morgan fingerprint density at radius 3 is 3.56 bits per heavy atom. The third-order valence-electron chi connectivity index (χ3n) is 1.33. The maximum absolute atomic E-state index is 3.07. The summed E-state index contributed by atoms with van der Waals surface area (Å²) in [6.07, 6.45) is 8.30. The summed E-state index contributed by atoms with van der Waals surface area (Å²) in [5.41, 5.74) is 0. The number of allylic oxidation sites excluding steroid dienone is 2. The average molecular weight is 136 g/mol. The predicted octanol–water partition coefficient (Wildman–Crippen LogP) is 1.72. The van der Waals surface area contributed by atoms with Crippen molar-refractivity contribution in [1.82, 2.24) is 4.90 Å². The van der Waals surface area contributed by atoms with Crippen LogP contribution in [-0.2, 0) is 0 Å². The lowest BCUT2D eigenvalue weighted by molar-refractivity contribution is 0.554. The van der Waals surface area contributed by atoms with Gasteiger partial charge in [-0.15, -0.1) is 0 Å². The Balaban J connectivity index is 2.29. The summed E-state index contributed by atoms with van der Waals surface area (Å²) < 4.78 is 0. The smallest absolute Gasteiger partial charge is 0.0799 e. The van der Waals surface area contributed by atoms with E-state index in [1.807, 2.05) is 6.20 Å². The number of thioether (sulfide) groups is 1. The topological polar surface area (TPSA) is 3.24 Å². The summed E-state index contributed by atoms with van der Waals surface area (Å²) in [4.78, 5) is 2.17. The Kier molecular flexibility index (Phi) is 1.12. The SMILES string of the molecule is [C]1=CN2CC=CC=C2S1. The molecule has 0 fully saturated rings. The summed E-state index contributed by atoms with van der Waals surface area (Å²) in [5.74, 6) is 0. The standard InChI is InChI=1S/C7H6NS/c1-2-4-8-5-6-9-7(8)3-1/h1-3,5H,4H2. The molecule has 0 saturated carbocycles. The molecular weight excluding hydrogens is 130 g/mol. The van der Waals surface area contributed by atoms with Crippen molar-refractivity contribution in [2.24, 2.45) is 0 Å². The van der Waals surface area contributed by atoms with Crippen LogP contribution in [0.5, 0.6) is 0 Å². The Morgan fingerprint density at radius 2 is 2.67 bits per heavy atom. The van der Waals surface area contributed by atoms with Crippen molar-refractivity contribution in [3.8, 4) is 0 Å². The van der Waals surface area contributed by atoms with Crippen LogP contribution in [0.4, 0.5) is 0 Å². The molecule has 2 aliphatic heterocycles. The first-order chi connectivity index (χ1) is 4.47. The molecule has 0 aromatic carbocycles. The van der Waals surface area contributed by atoms with Gasteiger partial charge in [-0.2, -0.15) is 0 Å². The molecule has 0 atom stereocenters. The second-order valence-corrected chi connectivity index (χ2v) is 2.79. The summed E-state index contributed by atoms with van der Waals surface area (Å²) >= 11 is 1.66. The largest absolute Gasteiger partial charge is 0.338 e. The first-order valence-corrected chi connectivity index (χ1v) is 3.68. The normalized spacial score (nSPS) is 22.2. The van der Waals surface area contributed by atoms with Gasteiger partial charge in [-0.25, -0.2) is 0 Å². The first-order valence-electron chi connectivity index (χ1n) is 2.86. The fraction of sp³-hybridized carbons (Fsp3) is 0.143. The summed E-state index contributed by atoms with van der Waals surface area (Å²) in [6.45, 7) is 1.01. The van der Waals surface area contributed by atoms with E-state index >= 15 is 0 Å². The van der Waals surface area contributed by atoms with Gasteiger partial charge in [-0.1, -0.05) is 23.9 Å². The third-order valence-corrected chi connectivity index (χ3v) is 2.14. The molecule has 1 radical (unpaired) electrons. The Labute approximate surface area is 58.7 Å². The molecule has 0 spiro atoms. The summed E-state index contributed by atoms with van der Waals surface area (Å²) in [7, 11) is 0. The number of nitrogens with zero attached hydrogens (tertiary/aromatic N) is 1. The molecule has 0 aliphatic carbocycles. The zero-order valence-corrected chi connectivity index (χ0v) is 5.69. The van der Waals surface area contributed by atoms with Gasteiger partial charge in [-0.3, -0.25) is 0 Å². The van der Waals surface area contributed by atoms with Crippen LogP contribution >= 0.6 is 11.8 Å². The molecule has 0 N–H and O–H groups in total. The van der Waals surface area contributed by atoms with E-state index in [4.69, 9.17) is 0 Å². The number of rotatable bonds is 0. The zero-order chi connectivity index (χ0) is 6.10. The van der Waals surface area contributed by atoms with Gasteiger partial charge in [-0.05, 0) is 6.08 Å². The molecule has 0 saturated heterocycles.